The molecule has 20 heavy (non-hydrogen) atoms. The minimum absolute atomic E-state index is 0.245. The number of rotatable bonds is 3. The number of halogens is 2. The molecule has 0 aliphatic heterocycles. The number of benzene rings is 2. The van der Waals surface area contributed by atoms with Crippen LogP contribution in [0.1, 0.15) is 5.56 Å². The third-order valence-corrected chi connectivity index (χ3v) is 4.09. The summed E-state index contributed by atoms with van der Waals surface area (Å²) in [6.07, 6.45) is 0. The number of hydrogen-bond acceptors (Lipinski definition) is 3. The Morgan fingerprint density at radius 2 is 1.80 bits per heavy atom. The highest BCUT2D eigenvalue weighted by atomic mass is 32.2. The van der Waals surface area contributed by atoms with E-state index in [1.807, 2.05) is 4.72 Å². The van der Waals surface area contributed by atoms with Crippen LogP contribution >= 0.6 is 0 Å². The fourth-order valence-corrected chi connectivity index (χ4v) is 2.97. The van der Waals surface area contributed by atoms with Crippen molar-refractivity contribution in [3.05, 3.63) is 53.6 Å². The Morgan fingerprint density at radius 1 is 1.10 bits per heavy atom. The Bertz CT molecular complexity index is 741. The number of anilines is 2. The van der Waals surface area contributed by atoms with Gasteiger partial charge in [0.2, 0.25) is 0 Å². The van der Waals surface area contributed by atoms with Gasteiger partial charge in [-0.15, -0.1) is 0 Å². The normalized spacial score (nSPS) is 11.3. The molecule has 0 atom stereocenters. The first-order valence-corrected chi connectivity index (χ1v) is 7.12. The second-order valence-corrected chi connectivity index (χ2v) is 5.87. The van der Waals surface area contributed by atoms with Crippen LogP contribution in [0.15, 0.2) is 41.3 Å². The Hall–Kier alpha value is -2.15. The number of nitrogen functional groups attached to an aromatic ring is 1. The second-order valence-electron chi connectivity index (χ2n) is 4.25. The molecule has 0 fully saturated rings. The average Bonchev–Trinajstić information content (AvgIpc) is 2.32. The van der Waals surface area contributed by atoms with Crippen molar-refractivity contribution in [2.45, 2.75) is 11.8 Å². The molecule has 0 heterocycles. The summed E-state index contributed by atoms with van der Waals surface area (Å²) in [4.78, 5) is -0.694. The zero-order valence-corrected chi connectivity index (χ0v) is 11.3. The van der Waals surface area contributed by atoms with Crippen molar-refractivity contribution in [2.24, 2.45) is 0 Å². The minimum Gasteiger partial charge on any atom is -0.398 e. The van der Waals surface area contributed by atoms with E-state index in [-0.39, 0.29) is 11.4 Å². The van der Waals surface area contributed by atoms with Crippen molar-refractivity contribution < 1.29 is 17.2 Å². The maximum Gasteiger partial charge on any atom is 0.266 e. The molecule has 4 nitrogen and oxygen atoms in total. The largest absolute Gasteiger partial charge is 0.398 e. The van der Waals surface area contributed by atoms with Gasteiger partial charge in [-0.2, -0.15) is 0 Å². The first-order chi connectivity index (χ1) is 9.31. The minimum atomic E-state index is -4.30. The quantitative estimate of drug-likeness (QED) is 0.856. The van der Waals surface area contributed by atoms with Gasteiger partial charge in [0.1, 0.15) is 16.5 Å². The van der Waals surface area contributed by atoms with Crippen LogP contribution < -0.4 is 10.5 Å². The second kappa shape index (κ2) is 5.09. The zero-order chi connectivity index (χ0) is 14.9. The molecule has 0 aliphatic carbocycles. The molecule has 0 saturated heterocycles. The molecule has 3 N–H and O–H groups in total. The summed E-state index contributed by atoms with van der Waals surface area (Å²) in [5.41, 5.74) is 5.59. The maximum absolute atomic E-state index is 13.6. The third kappa shape index (κ3) is 2.72. The molecule has 2 aromatic carbocycles. The van der Waals surface area contributed by atoms with E-state index in [0.29, 0.717) is 5.56 Å². The lowest BCUT2D eigenvalue weighted by molar-refractivity contribution is 0.571. The monoisotopic (exact) mass is 298 g/mol. The molecule has 0 aliphatic rings. The van der Waals surface area contributed by atoms with Gasteiger partial charge in [0, 0.05) is 0 Å². The Morgan fingerprint density at radius 3 is 2.40 bits per heavy atom. The van der Waals surface area contributed by atoms with E-state index >= 15 is 0 Å². The summed E-state index contributed by atoms with van der Waals surface area (Å²) in [5.74, 6) is -1.74. The summed E-state index contributed by atoms with van der Waals surface area (Å²) in [7, 11) is -4.30. The van der Waals surface area contributed by atoms with Gasteiger partial charge in [0.05, 0.1) is 11.4 Å². The summed E-state index contributed by atoms with van der Waals surface area (Å²) in [5, 5.41) is 0. The fourth-order valence-electron chi connectivity index (χ4n) is 1.71. The number of nitrogens with two attached hydrogens (primary N) is 1. The van der Waals surface area contributed by atoms with Crippen LogP contribution in [0.5, 0.6) is 0 Å². The molecule has 0 spiro atoms. The van der Waals surface area contributed by atoms with Crippen molar-refractivity contribution in [3.8, 4) is 0 Å². The van der Waals surface area contributed by atoms with Crippen molar-refractivity contribution in [2.75, 3.05) is 10.5 Å². The van der Waals surface area contributed by atoms with Gasteiger partial charge in [-0.3, -0.25) is 4.72 Å². The lowest BCUT2D eigenvalue weighted by Crippen LogP contribution is -2.17. The first kappa shape index (κ1) is 14.3. The Kier molecular flexibility index (Phi) is 3.63. The molecule has 106 valence electrons. The predicted octanol–water partition coefficient (Wildman–Crippen LogP) is 2.66. The van der Waals surface area contributed by atoms with E-state index in [1.165, 1.54) is 30.3 Å². The molecule has 2 aromatic rings. The summed E-state index contributed by atoms with van der Waals surface area (Å²) in [6.45, 7) is 1.66. The fraction of sp³-hybridized carbons (Fsp3) is 0.0769. The molecule has 0 radical (unpaired) electrons. The van der Waals surface area contributed by atoms with Crippen molar-refractivity contribution in [1.82, 2.24) is 0 Å². The third-order valence-electron chi connectivity index (χ3n) is 2.64. The maximum atomic E-state index is 13.6. The highest BCUT2D eigenvalue weighted by molar-refractivity contribution is 7.92. The van der Waals surface area contributed by atoms with E-state index in [2.05, 4.69) is 0 Å². The van der Waals surface area contributed by atoms with Crippen LogP contribution in [0.25, 0.3) is 0 Å². The molecule has 0 aromatic heterocycles. The van der Waals surface area contributed by atoms with Crippen molar-refractivity contribution in [1.29, 1.82) is 0 Å². The number of aryl methyl sites for hydroxylation is 1. The van der Waals surface area contributed by atoms with Crippen LogP contribution in [0.2, 0.25) is 0 Å². The molecule has 0 saturated carbocycles. The van der Waals surface area contributed by atoms with Gasteiger partial charge in [0.15, 0.2) is 0 Å². The van der Waals surface area contributed by atoms with Crippen LogP contribution in [-0.2, 0) is 10.0 Å². The van der Waals surface area contributed by atoms with Crippen LogP contribution in [0.3, 0.4) is 0 Å². The number of nitrogens with one attached hydrogen (secondary N) is 1. The van der Waals surface area contributed by atoms with Gasteiger partial charge < -0.3 is 5.73 Å². The van der Waals surface area contributed by atoms with Gasteiger partial charge in [-0.25, -0.2) is 17.2 Å². The van der Waals surface area contributed by atoms with E-state index in [9.17, 15) is 17.2 Å². The molecule has 7 heteroatoms. The lowest BCUT2D eigenvalue weighted by Gasteiger charge is -2.11. The van der Waals surface area contributed by atoms with Gasteiger partial charge in [0.25, 0.3) is 10.0 Å². The molecule has 2 rings (SSSR count). The standard InChI is InChI=1S/C13H12F2N2O2S/c1-8-5-6-12(10(15)7-8)17-20(18,19)13-9(14)3-2-4-11(13)16/h2-7,17H,16H2,1H3. The van der Waals surface area contributed by atoms with Gasteiger partial charge >= 0.3 is 0 Å². The molecular formula is C13H12F2N2O2S. The topological polar surface area (TPSA) is 72.2 Å². The highest BCUT2D eigenvalue weighted by Gasteiger charge is 2.23. The average molecular weight is 298 g/mol. The number of hydrogen-bond donors (Lipinski definition) is 2. The van der Waals surface area contributed by atoms with Crippen molar-refractivity contribution >= 4 is 21.4 Å². The summed E-state index contributed by atoms with van der Waals surface area (Å²) < 4.78 is 53.4. The molecular weight excluding hydrogens is 286 g/mol. The van der Waals surface area contributed by atoms with Crippen LogP contribution in [0, 0.1) is 18.6 Å². The van der Waals surface area contributed by atoms with Crippen LogP contribution in [-0.4, -0.2) is 8.42 Å². The van der Waals surface area contributed by atoms with E-state index in [0.717, 1.165) is 6.07 Å². The Balaban J connectivity index is 2.46. The van der Waals surface area contributed by atoms with E-state index < -0.39 is 26.6 Å². The van der Waals surface area contributed by atoms with Gasteiger partial charge in [-0.05, 0) is 36.8 Å². The lowest BCUT2D eigenvalue weighted by atomic mass is 10.2. The van der Waals surface area contributed by atoms with E-state index in [4.69, 9.17) is 5.73 Å². The smallest absolute Gasteiger partial charge is 0.266 e. The van der Waals surface area contributed by atoms with Gasteiger partial charge in [-0.1, -0.05) is 12.1 Å². The van der Waals surface area contributed by atoms with Crippen LogP contribution in [0.4, 0.5) is 20.2 Å². The molecule has 0 bridgehead atoms. The number of sulfonamides is 1. The summed E-state index contributed by atoms with van der Waals surface area (Å²) in [6, 6.07) is 7.48. The summed E-state index contributed by atoms with van der Waals surface area (Å²) >= 11 is 0. The molecule has 0 unspecified atom stereocenters. The first-order valence-electron chi connectivity index (χ1n) is 5.64. The predicted molar refractivity (Wildman–Crippen MR) is 72.8 cm³/mol. The zero-order valence-electron chi connectivity index (χ0n) is 10.5. The highest BCUT2D eigenvalue weighted by Crippen LogP contribution is 2.25. The molecule has 0 amide bonds. The SMILES string of the molecule is Cc1ccc(NS(=O)(=O)c2c(N)cccc2F)c(F)c1. The van der Waals surface area contributed by atoms with E-state index in [1.54, 1.807) is 6.92 Å². The Labute approximate surface area is 115 Å². The van der Waals surface area contributed by atoms with Crippen molar-refractivity contribution in [3.63, 3.8) is 0 Å².